The molecule has 0 saturated carbocycles. The Kier molecular flexibility index (Phi) is 1.65. The maximum Gasteiger partial charge on any atom is 0.292 e. The Morgan fingerprint density at radius 2 is 2.25 bits per heavy atom. The summed E-state index contributed by atoms with van der Waals surface area (Å²) in [5, 5.41) is 0. The molecule has 20 heavy (non-hydrogen) atoms. The van der Waals surface area contributed by atoms with Gasteiger partial charge in [-0.05, 0) is 12.1 Å². The standard InChI is InChI=1S/C15H12N5/c1-18-13-12(9-19-6-2-4-17-14(13)19)20-8-10-3-5-16-7-11(10)15(18)20/h2-7,9H,8H2,1H3/q+1. The number of aromatic nitrogens is 5. The minimum Gasteiger partial charge on any atom is -0.300 e. The van der Waals surface area contributed by atoms with Crippen LogP contribution in [0.15, 0.2) is 43.1 Å². The molecule has 0 saturated heterocycles. The van der Waals surface area contributed by atoms with E-state index in [-0.39, 0.29) is 0 Å². The second-order valence-corrected chi connectivity index (χ2v) is 5.22. The lowest BCUT2D eigenvalue weighted by atomic mass is 10.2. The van der Waals surface area contributed by atoms with Crippen LogP contribution >= 0.6 is 0 Å². The summed E-state index contributed by atoms with van der Waals surface area (Å²) in [6.07, 6.45) is 9.85. The smallest absolute Gasteiger partial charge is 0.292 e. The highest BCUT2D eigenvalue weighted by molar-refractivity contribution is 5.89. The van der Waals surface area contributed by atoms with Crippen molar-refractivity contribution in [2.45, 2.75) is 6.54 Å². The highest BCUT2D eigenvalue weighted by Crippen LogP contribution is 2.33. The lowest BCUT2D eigenvalue weighted by Gasteiger charge is -1.95. The average Bonchev–Trinajstić information content (AvgIpc) is 3.10. The summed E-state index contributed by atoms with van der Waals surface area (Å²) < 4.78 is 6.65. The number of hydrogen-bond donors (Lipinski definition) is 0. The Hall–Kier alpha value is -2.69. The molecule has 96 valence electrons. The molecule has 5 heterocycles. The van der Waals surface area contributed by atoms with Crippen LogP contribution in [-0.2, 0) is 13.6 Å². The van der Waals surface area contributed by atoms with E-state index in [1.807, 2.05) is 30.9 Å². The van der Waals surface area contributed by atoms with Gasteiger partial charge in [0.1, 0.15) is 6.54 Å². The fraction of sp³-hybridized carbons (Fsp3) is 0.133. The topological polar surface area (TPSA) is 39.0 Å². The van der Waals surface area contributed by atoms with Crippen LogP contribution in [0.3, 0.4) is 0 Å². The van der Waals surface area contributed by atoms with Gasteiger partial charge in [0.2, 0.25) is 5.52 Å². The first kappa shape index (κ1) is 10.1. The molecular weight excluding hydrogens is 250 g/mol. The van der Waals surface area contributed by atoms with Gasteiger partial charge < -0.3 is 4.40 Å². The first-order chi connectivity index (χ1) is 9.84. The van der Waals surface area contributed by atoms with E-state index in [1.54, 1.807) is 0 Å². The van der Waals surface area contributed by atoms with E-state index < -0.39 is 0 Å². The number of aryl methyl sites for hydroxylation is 1. The fourth-order valence-corrected chi connectivity index (χ4v) is 3.32. The molecule has 5 heteroatoms. The van der Waals surface area contributed by atoms with E-state index >= 15 is 0 Å². The molecule has 0 aliphatic carbocycles. The van der Waals surface area contributed by atoms with Gasteiger partial charge in [-0.2, -0.15) is 0 Å². The molecule has 0 fully saturated rings. The predicted molar refractivity (Wildman–Crippen MR) is 74.2 cm³/mol. The lowest BCUT2D eigenvalue weighted by Crippen LogP contribution is -2.29. The Bertz CT molecular complexity index is 992. The Morgan fingerprint density at radius 1 is 1.30 bits per heavy atom. The van der Waals surface area contributed by atoms with Crippen LogP contribution in [0.2, 0.25) is 0 Å². The third-order valence-corrected chi connectivity index (χ3v) is 4.17. The fourth-order valence-electron chi connectivity index (χ4n) is 3.32. The van der Waals surface area contributed by atoms with Gasteiger partial charge in [0.05, 0.1) is 18.8 Å². The van der Waals surface area contributed by atoms with Crippen molar-refractivity contribution in [2.24, 2.45) is 7.05 Å². The molecule has 0 amide bonds. The van der Waals surface area contributed by atoms with Crippen molar-refractivity contribution in [1.82, 2.24) is 18.9 Å². The van der Waals surface area contributed by atoms with Crippen LogP contribution in [0, 0.1) is 0 Å². The number of imidazole rings is 1. The van der Waals surface area contributed by atoms with Crippen molar-refractivity contribution in [1.29, 1.82) is 0 Å². The predicted octanol–water partition coefficient (Wildman–Crippen LogP) is 1.54. The summed E-state index contributed by atoms with van der Waals surface area (Å²) in [4.78, 5) is 8.78. The van der Waals surface area contributed by atoms with Crippen LogP contribution < -0.4 is 4.57 Å². The van der Waals surface area contributed by atoms with E-state index in [1.165, 1.54) is 28.0 Å². The second kappa shape index (κ2) is 3.25. The highest BCUT2D eigenvalue weighted by Gasteiger charge is 2.34. The zero-order valence-corrected chi connectivity index (χ0v) is 11.0. The van der Waals surface area contributed by atoms with Crippen LogP contribution in [0.1, 0.15) is 5.56 Å². The van der Waals surface area contributed by atoms with E-state index in [0.717, 1.165) is 12.2 Å². The van der Waals surface area contributed by atoms with Crippen molar-refractivity contribution >= 4 is 16.7 Å². The first-order valence-electron chi connectivity index (χ1n) is 6.62. The van der Waals surface area contributed by atoms with Gasteiger partial charge >= 0.3 is 0 Å². The highest BCUT2D eigenvalue weighted by atomic mass is 15.2. The monoisotopic (exact) mass is 262 g/mol. The Balaban J connectivity index is 1.98. The third kappa shape index (κ3) is 1.02. The van der Waals surface area contributed by atoms with Crippen molar-refractivity contribution in [3.63, 3.8) is 0 Å². The van der Waals surface area contributed by atoms with Crippen LogP contribution in [0.5, 0.6) is 0 Å². The molecule has 0 aromatic carbocycles. The minimum atomic E-state index is 0.904. The second-order valence-electron chi connectivity index (χ2n) is 5.22. The largest absolute Gasteiger partial charge is 0.300 e. The molecule has 4 aromatic rings. The molecule has 0 radical (unpaired) electrons. The summed E-state index contributed by atoms with van der Waals surface area (Å²) in [7, 11) is 2.10. The van der Waals surface area contributed by atoms with E-state index in [2.05, 4.69) is 42.8 Å². The van der Waals surface area contributed by atoms with Gasteiger partial charge in [0.25, 0.3) is 5.82 Å². The van der Waals surface area contributed by atoms with Crippen molar-refractivity contribution < 1.29 is 4.57 Å². The molecule has 4 aromatic heterocycles. The summed E-state index contributed by atoms with van der Waals surface area (Å²) in [5.74, 6) is 1.21. The molecular formula is C15H12N5+. The quantitative estimate of drug-likeness (QED) is 0.397. The number of pyridine rings is 1. The van der Waals surface area contributed by atoms with Crippen molar-refractivity contribution in [2.75, 3.05) is 0 Å². The van der Waals surface area contributed by atoms with Gasteiger partial charge in [-0.3, -0.25) is 4.98 Å². The van der Waals surface area contributed by atoms with Gasteiger partial charge in [0, 0.05) is 30.4 Å². The molecule has 0 atom stereocenters. The lowest BCUT2D eigenvalue weighted by molar-refractivity contribution is -0.633. The van der Waals surface area contributed by atoms with Crippen LogP contribution in [0.25, 0.3) is 28.1 Å². The zero-order valence-electron chi connectivity index (χ0n) is 11.0. The molecule has 0 bridgehead atoms. The van der Waals surface area contributed by atoms with Gasteiger partial charge in [-0.25, -0.2) is 14.1 Å². The summed E-state index contributed by atoms with van der Waals surface area (Å²) in [6, 6.07) is 4.05. The van der Waals surface area contributed by atoms with Crippen molar-refractivity contribution in [3.05, 3.63) is 48.7 Å². The molecule has 0 unspecified atom stereocenters. The molecule has 0 spiro atoms. The molecule has 0 N–H and O–H groups in total. The Labute approximate surface area is 114 Å². The van der Waals surface area contributed by atoms with E-state index in [4.69, 9.17) is 0 Å². The van der Waals surface area contributed by atoms with Gasteiger partial charge in [-0.1, -0.05) is 0 Å². The molecule has 5 nitrogen and oxygen atoms in total. The minimum absolute atomic E-state index is 0.904. The summed E-state index contributed by atoms with van der Waals surface area (Å²) in [6.45, 7) is 0.904. The Morgan fingerprint density at radius 3 is 3.20 bits per heavy atom. The van der Waals surface area contributed by atoms with Crippen LogP contribution in [-0.4, -0.2) is 18.9 Å². The van der Waals surface area contributed by atoms with Crippen LogP contribution in [0.4, 0.5) is 0 Å². The van der Waals surface area contributed by atoms with Gasteiger partial charge in [0.15, 0.2) is 11.2 Å². The van der Waals surface area contributed by atoms with E-state index in [9.17, 15) is 0 Å². The molecule has 1 aliphatic rings. The first-order valence-corrected chi connectivity index (χ1v) is 6.62. The van der Waals surface area contributed by atoms with E-state index in [0.29, 0.717) is 0 Å². The van der Waals surface area contributed by atoms with Gasteiger partial charge in [-0.15, -0.1) is 0 Å². The maximum atomic E-state index is 4.51. The number of nitrogens with zero attached hydrogens (tertiary/aromatic N) is 5. The summed E-state index contributed by atoms with van der Waals surface area (Å²) in [5.41, 5.74) is 5.95. The number of rotatable bonds is 0. The normalized spacial score (nSPS) is 13.1. The zero-order chi connectivity index (χ0) is 13.3. The average molecular weight is 262 g/mol. The maximum absolute atomic E-state index is 4.51. The van der Waals surface area contributed by atoms with Crippen molar-refractivity contribution in [3.8, 4) is 11.4 Å². The molecule has 1 aliphatic heterocycles. The summed E-state index contributed by atoms with van der Waals surface area (Å²) >= 11 is 0. The SMILES string of the molecule is C[n+]1c2n(c3cn4cccnc4c31)Cc1ccncc1-2. The third-order valence-electron chi connectivity index (χ3n) is 4.17. The number of fused-ring (bicyclic) bond motifs is 7. The molecule has 5 rings (SSSR count). The number of hydrogen-bond acceptors (Lipinski definition) is 2.